The van der Waals surface area contributed by atoms with E-state index in [1.807, 2.05) is 38.1 Å². The predicted molar refractivity (Wildman–Crippen MR) is 153 cm³/mol. The lowest BCUT2D eigenvalue weighted by Crippen LogP contribution is -2.55. The zero-order chi connectivity index (χ0) is 29.3. The zero-order valence-corrected chi connectivity index (χ0v) is 23.4. The van der Waals surface area contributed by atoms with Crippen molar-refractivity contribution in [3.8, 4) is 5.82 Å². The highest BCUT2D eigenvalue weighted by molar-refractivity contribution is 5.92. The van der Waals surface area contributed by atoms with E-state index in [1.165, 1.54) is 10.9 Å². The number of aryl methyl sites for hydroxylation is 1. The van der Waals surface area contributed by atoms with E-state index in [0.717, 1.165) is 28.5 Å². The van der Waals surface area contributed by atoms with E-state index in [1.54, 1.807) is 31.6 Å². The first-order valence-corrected chi connectivity index (χ1v) is 13.6. The van der Waals surface area contributed by atoms with Gasteiger partial charge in [-0.15, -0.1) is 0 Å². The number of piperidine rings is 1. The standard InChI is InChI=1S/C29H30FN9O3/c1-18-13-24(37-42-18)35-27-22-5-4-10-31-23(22)14-26(36-27)38-11-8-29(41-3,9-12-38)28(40)34-19(2)20-6-7-25(32-15-20)39-17-21(30)16-33-39/h4-7,10,13-17,19H,8-9,11-12H2,1-3H3,(H,34,40)(H,35,36,37)/t19-/m0/s1. The molecule has 1 atom stereocenters. The summed E-state index contributed by atoms with van der Waals surface area (Å²) in [6.07, 6.45) is 6.70. The first-order chi connectivity index (χ1) is 20.3. The molecule has 13 heteroatoms. The van der Waals surface area contributed by atoms with Gasteiger partial charge in [0.25, 0.3) is 5.91 Å². The third-order valence-electron chi connectivity index (χ3n) is 7.56. The number of hydrogen-bond acceptors (Lipinski definition) is 10. The minimum Gasteiger partial charge on any atom is -0.368 e. The van der Waals surface area contributed by atoms with Crippen molar-refractivity contribution in [1.29, 1.82) is 0 Å². The van der Waals surface area contributed by atoms with Gasteiger partial charge in [0.1, 0.15) is 23.0 Å². The van der Waals surface area contributed by atoms with Crippen molar-refractivity contribution in [2.75, 3.05) is 30.4 Å². The van der Waals surface area contributed by atoms with Gasteiger partial charge in [-0.25, -0.2) is 19.0 Å². The molecule has 0 unspecified atom stereocenters. The van der Waals surface area contributed by atoms with Gasteiger partial charge in [-0.3, -0.25) is 9.78 Å². The van der Waals surface area contributed by atoms with Crippen molar-refractivity contribution in [1.82, 2.24) is 35.2 Å². The molecule has 0 saturated carbocycles. The molecule has 42 heavy (non-hydrogen) atoms. The number of methoxy groups -OCH3 is 1. The number of carbonyl (C=O) groups excluding carboxylic acids is 1. The molecule has 0 aliphatic carbocycles. The van der Waals surface area contributed by atoms with E-state index < -0.39 is 11.4 Å². The highest BCUT2D eigenvalue weighted by Gasteiger charge is 2.42. The van der Waals surface area contributed by atoms with E-state index in [-0.39, 0.29) is 11.9 Å². The number of carbonyl (C=O) groups is 1. The molecule has 216 valence electrons. The van der Waals surface area contributed by atoms with Gasteiger partial charge in [-0.05, 0) is 37.6 Å². The van der Waals surface area contributed by atoms with Crippen LogP contribution in [0.5, 0.6) is 0 Å². The molecule has 2 N–H and O–H groups in total. The van der Waals surface area contributed by atoms with E-state index >= 15 is 0 Å². The third-order valence-corrected chi connectivity index (χ3v) is 7.56. The Kier molecular flexibility index (Phi) is 7.25. The molecule has 1 aliphatic rings. The van der Waals surface area contributed by atoms with Crippen LogP contribution < -0.4 is 15.5 Å². The van der Waals surface area contributed by atoms with Crippen molar-refractivity contribution in [3.63, 3.8) is 0 Å². The Morgan fingerprint density at radius 1 is 1.14 bits per heavy atom. The van der Waals surface area contributed by atoms with Crippen molar-refractivity contribution in [2.24, 2.45) is 0 Å². The Balaban J connectivity index is 1.14. The van der Waals surface area contributed by atoms with Gasteiger partial charge >= 0.3 is 0 Å². The molecule has 6 heterocycles. The second-order valence-electron chi connectivity index (χ2n) is 10.3. The molecule has 0 bridgehead atoms. The van der Waals surface area contributed by atoms with Crippen molar-refractivity contribution in [3.05, 3.63) is 78.3 Å². The monoisotopic (exact) mass is 571 g/mol. The average Bonchev–Trinajstić information content (AvgIpc) is 3.64. The molecule has 1 saturated heterocycles. The van der Waals surface area contributed by atoms with Gasteiger partial charge in [-0.2, -0.15) is 5.10 Å². The lowest BCUT2D eigenvalue weighted by molar-refractivity contribution is -0.146. The van der Waals surface area contributed by atoms with Gasteiger partial charge in [-0.1, -0.05) is 11.2 Å². The summed E-state index contributed by atoms with van der Waals surface area (Å²) in [6, 6.07) is 10.8. The molecule has 0 spiro atoms. The number of pyridine rings is 3. The Bertz CT molecular complexity index is 1710. The van der Waals surface area contributed by atoms with E-state index in [2.05, 4.69) is 35.8 Å². The summed E-state index contributed by atoms with van der Waals surface area (Å²) in [6.45, 7) is 4.82. The van der Waals surface area contributed by atoms with Crippen LogP contribution in [0.25, 0.3) is 16.7 Å². The Labute approximate surface area is 240 Å². The van der Waals surface area contributed by atoms with Crippen molar-refractivity contribution >= 4 is 34.3 Å². The number of rotatable bonds is 8. The molecule has 6 rings (SSSR count). The number of nitrogens with zero attached hydrogens (tertiary/aromatic N) is 7. The molecule has 1 amide bonds. The summed E-state index contributed by atoms with van der Waals surface area (Å²) < 4.78 is 25.7. The second kappa shape index (κ2) is 11.2. The maximum atomic E-state index is 13.5. The van der Waals surface area contributed by atoms with Crippen molar-refractivity contribution < 1.29 is 18.4 Å². The largest absolute Gasteiger partial charge is 0.368 e. The fourth-order valence-electron chi connectivity index (χ4n) is 5.11. The summed E-state index contributed by atoms with van der Waals surface area (Å²) in [5.74, 6) is 2.47. The highest BCUT2D eigenvalue weighted by Crippen LogP contribution is 2.33. The smallest absolute Gasteiger partial charge is 0.252 e. The number of amides is 1. The molecule has 1 aliphatic heterocycles. The summed E-state index contributed by atoms with van der Waals surface area (Å²) >= 11 is 0. The van der Waals surface area contributed by atoms with Gasteiger partial charge in [0, 0.05) is 63.0 Å². The predicted octanol–water partition coefficient (Wildman–Crippen LogP) is 4.25. The van der Waals surface area contributed by atoms with E-state index in [0.29, 0.717) is 49.1 Å². The van der Waals surface area contributed by atoms with Gasteiger partial charge in [0.2, 0.25) is 0 Å². The molecule has 12 nitrogen and oxygen atoms in total. The van der Waals surface area contributed by atoms with Crippen LogP contribution in [-0.2, 0) is 9.53 Å². The van der Waals surface area contributed by atoms with Crippen LogP contribution in [0.15, 0.2) is 65.7 Å². The molecule has 5 aromatic rings. The zero-order valence-electron chi connectivity index (χ0n) is 23.4. The van der Waals surface area contributed by atoms with Gasteiger partial charge in [0.15, 0.2) is 17.5 Å². The Morgan fingerprint density at radius 3 is 2.64 bits per heavy atom. The third kappa shape index (κ3) is 5.38. The molecular formula is C29H30FN9O3. The molecule has 5 aromatic heterocycles. The normalized spacial score (nSPS) is 15.5. The first-order valence-electron chi connectivity index (χ1n) is 13.6. The molecule has 1 fully saturated rings. The summed E-state index contributed by atoms with van der Waals surface area (Å²) in [5.41, 5.74) is 0.607. The van der Waals surface area contributed by atoms with Crippen LogP contribution in [0.4, 0.5) is 21.8 Å². The number of halogens is 1. The number of hydrogen-bond donors (Lipinski definition) is 2. The fourth-order valence-corrected chi connectivity index (χ4v) is 5.11. The molecular weight excluding hydrogens is 541 g/mol. The van der Waals surface area contributed by atoms with Gasteiger partial charge in [0.05, 0.1) is 24.0 Å². The maximum absolute atomic E-state index is 13.5. The first kappa shape index (κ1) is 27.3. The molecule has 0 radical (unpaired) electrons. The minimum absolute atomic E-state index is 0.188. The number of fused-ring (bicyclic) bond motifs is 1. The number of ether oxygens (including phenoxy) is 1. The van der Waals surface area contributed by atoms with Crippen LogP contribution in [0, 0.1) is 12.7 Å². The average molecular weight is 572 g/mol. The topological polar surface area (TPSA) is 136 Å². The van der Waals surface area contributed by atoms with E-state index in [4.69, 9.17) is 14.2 Å². The number of aromatic nitrogens is 6. The number of anilines is 3. The molecule has 0 aromatic carbocycles. The Hall–Kier alpha value is -4.91. The highest BCUT2D eigenvalue weighted by atomic mass is 19.1. The van der Waals surface area contributed by atoms with Crippen LogP contribution in [0.3, 0.4) is 0 Å². The van der Waals surface area contributed by atoms with Crippen LogP contribution in [0.2, 0.25) is 0 Å². The second-order valence-corrected chi connectivity index (χ2v) is 10.3. The van der Waals surface area contributed by atoms with Gasteiger partial charge < -0.3 is 24.8 Å². The fraction of sp³-hybridized carbons (Fsp3) is 0.310. The maximum Gasteiger partial charge on any atom is 0.252 e. The van der Waals surface area contributed by atoms with Crippen LogP contribution in [0.1, 0.15) is 37.1 Å². The lowest BCUT2D eigenvalue weighted by atomic mass is 9.89. The lowest BCUT2D eigenvalue weighted by Gasteiger charge is -2.40. The summed E-state index contributed by atoms with van der Waals surface area (Å²) in [7, 11) is 1.57. The summed E-state index contributed by atoms with van der Waals surface area (Å²) in [5, 5.41) is 15.1. The SMILES string of the molecule is COC1(C(=O)N[C@@H](C)c2ccc(-n3cc(F)cn3)nc2)CCN(c2cc3ncccc3c(Nc3cc(C)on3)n2)CC1. The Morgan fingerprint density at radius 2 is 1.98 bits per heavy atom. The van der Waals surface area contributed by atoms with Crippen molar-refractivity contribution in [2.45, 2.75) is 38.3 Å². The van der Waals surface area contributed by atoms with Crippen LogP contribution >= 0.6 is 0 Å². The quantitative estimate of drug-likeness (QED) is 0.278. The van der Waals surface area contributed by atoms with Crippen LogP contribution in [-0.4, -0.2) is 61.6 Å². The van der Waals surface area contributed by atoms with E-state index in [9.17, 15) is 9.18 Å². The number of nitrogens with one attached hydrogen (secondary N) is 2. The summed E-state index contributed by atoms with van der Waals surface area (Å²) in [4.78, 5) is 29.4. The minimum atomic E-state index is -0.987.